The zero-order valence-electron chi connectivity index (χ0n) is 22.4. The molecule has 42 heavy (non-hydrogen) atoms. The molecule has 0 amide bonds. The molecule has 3 heterocycles. The normalized spacial score (nSPS) is 11.8. The minimum Gasteiger partial charge on any atom is -0.277 e. The summed E-state index contributed by atoms with van der Waals surface area (Å²) in [5.41, 5.74) is 4.10. The van der Waals surface area contributed by atoms with Gasteiger partial charge in [-0.25, -0.2) is 4.98 Å². The van der Waals surface area contributed by atoms with Gasteiger partial charge in [0.05, 0.1) is 11.0 Å². The van der Waals surface area contributed by atoms with E-state index in [1.807, 2.05) is 18.2 Å². The lowest BCUT2D eigenvalue weighted by Crippen LogP contribution is -2.06. The molecule has 0 spiro atoms. The summed E-state index contributed by atoms with van der Waals surface area (Å²) in [5, 5.41) is 7.24. The standard InChI is InChI=1S/C37H22N4S/c1-2-11-24(12-3-1)35-38-36(25-19-20-29-28-15-7-9-17-32(28)42-33(29)22-25)40-37(39-35)41-31-16-8-6-14-27(31)30-21-18-23-10-4-5-13-26(23)34(30)41/h1-22H. The van der Waals surface area contributed by atoms with Gasteiger partial charge >= 0.3 is 0 Å². The number of thiophene rings is 1. The van der Waals surface area contributed by atoms with Crippen LogP contribution in [0.4, 0.5) is 0 Å². The van der Waals surface area contributed by atoms with Crippen LogP contribution in [0.25, 0.3) is 81.5 Å². The first-order chi connectivity index (χ1) is 20.8. The Balaban J connectivity index is 1.37. The second-order valence-electron chi connectivity index (χ2n) is 10.5. The van der Waals surface area contributed by atoms with Gasteiger partial charge in [-0.05, 0) is 23.6 Å². The average Bonchev–Trinajstić information content (AvgIpc) is 3.60. The van der Waals surface area contributed by atoms with Crippen molar-refractivity contribution in [1.82, 2.24) is 19.5 Å². The highest BCUT2D eigenvalue weighted by Crippen LogP contribution is 2.38. The van der Waals surface area contributed by atoms with E-state index in [9.17, 15) is 0 Å². The van der Waals surface area contributed by atoms with E-state index in [-0.39, 0.29) is 0 Å². The summed E-state index contributed by atoms with van der Waals surface area (Å²) in [5.74, 6) is 1.92. The lowest BCUT2D eigenvalue weighted by atomic mass is 10.1. The smallest absolute Gasteiger partial charge is 0.238 e. The Morgan fingerprint density at radius 3 is 2.00 bits per heavy atom. The second kappa shape index (κ2) is 9.06. The predicted molar refractivity (Wildman–Crippen MR) is 175 cm³/mol. The molecule has 0 unspecified atom stereocenters. The van der Waals surface area contributed by atoms with Crippen LogP contribution in [0, 0.1) is 0 Å². The van der Waals surface area contributed by atoms with E-state index < -0.39 is 0 Å². The molecule has 5 heteroatoms. The summed E-state index contributed by atoms with van der Waals surface area (Å²) in [6, 6.07) is 46.7. The minimum absolute atomic E-state index is 0.609. The highest BCUT2D eigenvalue weighted by Gasteiger charge is 2.19. The molecule has 0 fully saturated rings. The Hall–Kier alpha value is -5.39. The van der Waals surface area contributed by atoms with E-state index in [0.717, 1.165) is 22.2 Å². The molecule has 0 bridgehead atoms. The van der Waals surface area contributed by atoms with Gasteiger partial charge in [-0.3, -0.25) is 4.57 Å². The number of hydrogen-bond acceptors (Lipinski definition) is 4. The summed E-state index contributed by atoms with van der Waals surface area (Å²) in [6.07, 6.45) is 0. The Morgan fingerprint density at radius 1 is 0.452 bits per heavy atom. The monoisotopic (exact) mass is 554 g/mol. The summed E-state index contributed by atoms with van der Waals surface area (Å²) in [4.78, 5) is 15.3. The van der Waals surface area contributed by atoms with Crippen molar-refractivity contribution in [2.24, 2.45) is 0 Å². The number of rotatable bonds is 3. The van der Waals surface area contributed by atoms with Crippen LogP contribution in [0.1, 0.15) is 0 Å². The quantitative estimate of drug-likeness (QED) is 0.218. The van der Waals surface area contributed by atoms with Crippen LogP contribution in [-0.2, 0) is 0 Å². The van der Waals surface area contributed by atoms with Gasteiger partial charge in [0.25, 0.3) is 0 Å². The Kier molecular flexibility index (Phi) is 5.03. The Morgan fingerprint density at radius 2 is 1.12 bits per heavy atom. The molecule has 0 saturated carbocycles. The molecule has 0 aliphatic rings. The third-order valence-corrected chi connectivity index (χ3v) is 9.19. The number of fused-ring (bicyclic) bond motifs is 8. The van der Waals surface area contributed by atoms with Gasteiger partial charge in [-0.1, -0.05) is 115 Å². The van der Waals surface area contributed by atoms with Crippen molar-refractivity contribution in [2.75, 3.05) is 0 Å². The van der Waals surface area contributed by atoms with Gasteiger partial charge in [0.15, 0.2) is 11.6 Å². The number of hydrogen-bond donors (Lipinski definition) is 0. The maximum Gasteiger partial charge on any atom is 0.238 e. The molecule has 0 radical (unpaired) electrons. The van der Waals surface area contributed by atoms with Crippen molar-refractivity contribution in [1.29, 1.82) is 0 Å². The summed E-state index contributed by atoms with van der Waals surface area (Å²) in [7, 11) is 0. The number of benzene rings is 6. The van der Waals surface area contributed by atoms with E-state index in [1.54, 1.807) is 11.3 Å². The zero-order valence-corrected chi connectivity index (χ0v) is 23.2. The first kappa shape index (κ1) is 23.3. The maximum atomic E-state index is 5.18. The van der Waals surface area contributed by atoms with Crippen molar-refractivity contribution in [2.45, 2.75) is 0 Å². The lowest BCUT2D eigenvalue weighted by molar-refractivity contribution is 0.955. The molecular weight excluding hydrogens is 533 g/mol. The third kappa shape index (κ3) is 3.51. The van der Waals surface area contributed by atoms with Gasteiger partial charge in [-0.2, -0.15) is 9.97 Å². The van der Waals surface area contributed by atoms with Crippen LogP contribution in [0.2, 0.25) is 0 Å². The molecule has 3 aromatic heterocycles. The van der Waals surface area contributed by atoms with E-state index in [4.69, 9.17) is 15.0 Å². The Bertz CT molecular complexity index is 2470. The van der Waals surface area contributed by atoms with Gasteiger partial charge in [0, 0.05) is 47.5 Å². The molecule has 0 saturated heterocycles. The molecular formula is C37H22N4S. The van der Waals surface area contributed by atoms with Crippen molar-refractivity contribution in [3.8, 4) is 28.7 Å². The third-order valence-electron chi connectivity index (χ3n) is 8.05. The predicted octanol–water partition coefficient (Wildman–Crippen LogP) is 9.82. The SMILES string of the molecule is c1ccc(-c2nc(-c3ccc4c(c3)sc3ccccc34)nc(-n3c4ccccc4c4ccc5ccccc5c43)n2)cc1. The van der Waals surface area contributed by atoms with E-state index in [0.29, 0.717) is 17.6 Å². The lowest BCUT2D eigenvalue weighted by Gasteiger charge is -2.12. The largest absolute Gasteiger partial charge is 0.277 e. The molecule has 9 rings (SSSR count). The highest BCUT2D eigenvalue weighted by molar-refractivity contribution is 7.25. The summed E-state index contributed by atoms with van der Waals surface area (Å²) >= 11 is 1.80. The van der Waals surface area contributed by atoms with Crippen LogP contribution in [-0.4, -0.2) is 19.5 Å². The van der Waals surface area contributed by atoms with Crippen LogP contribution >= 0.6 is 11.3 Å². The number of nitrogens with zero attached hydrogens (tertiary/aromatic N) is 4. The molecule has 4 nitrogen and oxygen atoms in total. The van der Waals surface area contributed by atoms with E-state index in [2.05, 4.69) is 120 Å². The molecule has 0 aliphatic heterocycles. The fourth-order valence-corrected chi connectivity index (χ4v) is 7.26. The highest BCUT2D eigenvalue weighted by atomic mass is 32.1. The van der Waals surface area contributed by atoms with Crippen LogP contribution in [0.3, 0.4) is 0 Å². The van der Waals surface area contributed by atoms with E-state index >= 15 is 0 Å². The van der Waals surface area contributed by atoms with Gasteiger partial charge < -0.3 is 0 Å². The Labute approximate surface area is 245 Å². The molecule has 0 aliphatic carbocycles. The molecule has 9 aromatic rings. The zero-order chi connectivity index (χ0) is 27.6. The summed E-state index contributed by atoms with van der Waals surface area (Å²) < 4.78 is 4.71. The maximum absolute atomic E-state index is 5.18. The van der Waals surface area contributed by atoms with Crippen LogP contribution < -0.4 is 0 Å². The molecule has 0 atom stereocenters. The first-order valence-electron chi connectivity index (χ1n) is 14.0. The fraction of sp³-hybridized carbons (Fsp3) is 0. The molecule has 0 N–H and O–H groups in total. The minimum atomic E-state index is 0.609. The molecule has 6 aromatic carbocycles. The van der Waals surface area contributed by atoms with Gasteiger partial charge in [0.1, 0.15) is 0 Å². The topological polar surface area (TPSA) is 43.6 Å². The van der Waals surface area contributed by atoms with Gasteiger partial charge in [-0.15, -0.1) is 11.3 Å². The molecule has 196 valence electrons. The van der Waals surface area contributed by atoms with Crippen molar-refractivity contribution >= 4 is 64.1 Å². The fourth-order valence-electron chi connectivity index (χ4n) is 6.11. The number of aromatic nitrogens is 4. The van der Waals surface area contributed by atoms with E-state index in [1.165, 1.54) is 41.7 Å². The first-order valence-corrected chi connectivity index (χ1v) is 14.8. The van der Waals surface area contributed by atoms with Gasteiger partial charge in [0.2, 0.25) is 5.95 Å². The van der Waals surface area contributed by atoms with Crippen LogP contribution in [0.15, 0.2) is 133 Å². The van der Waals surface area contributed by atoms with Crippen LogP contribution in [0.5, 0.6) is 0 Å². The van der Waals surface area contributed by atoms with Crippen molar-refractivity contribution in [3.05, 3.63) is 133 Å². The second-order valence-corrected chi connectivity index (χ2v) is 11.6. The van der Waals surface area contributed by atoms with Crippen molar-refractivity contribution < 1.29 is 0 Å². The average molecular weight is 555 g/mol. The van der Waals surface area contributed by atoms with Crippen molar-refractivity contribution in [3.63, 3.8) is 0 Å². The number of para-hydroxylation sites is 1. The summed E-state index contributed by atoms with van der Waals surface area (Å²) in [6.45, 7) is 0.